The van der Waals surface area contributed by atoms with Gasteiger partial charge in [-0.25, -0.2) is 9.59 Å². The second-order valence-corrected chi connectivity index (χ2v) is 24.0. The third-order valence-corrected chi connectivity index (χ3v) is 17.8. The van der Waals surface area contributed by atoms with Crippen LogP contribution in [0.4, 0.5) is 9.59 Å². The maximum absolute atomic E-state index is 15.8. The van der Waals surface area contributed by atoms with Crippen LogP contribution >= 0.6 is 0 Å². The van der Waals surface area contributed by atoms with E-state index in [9.17, 15) is 29.4 Å². The van der Waals surface area contributed by atoms with Gasteiger partial charge in [-0.1, -0.05) is 135 Å². The Morgan fingerprint density at radius 2 is 0.937 bits per heavy atom. The maximum Gasteiger partial charge on any atom is 0.497 e. The number of likely N-dealkylation sites (tertiary alicyclic amines) is 3. The summed E-state index contributed by atoms with van der Waals surface area (Å²) in [4.78, 5) is 88.4. The van der Waals surface area contributed by atoms with Crippen LogP contribution < -0.4 is 10.6 Å². The van der Waals surface area contributed by atoms with E-state index in [0.29, 0.717) is 54.2 Å². The van der Waals surface area contributed by atoms with Crippen LogP contribution in [0.25, 0.3) is 0 Å². The number of alkyl carbamates (subject to hydrolysis) is 2. The molecule has 0 radical (unpaired) electrons. The number of hydrogen-bond acceptors (Lipinski definition) is 12. The van der Waals surface area contributed by atoms with Gasteiger partial charge in [-0.2, -0.15) is 0 Å². The number of rotatable bonds is 21. The van der Waals surface area contributed by atoms with Crippen molar-refractivity contribution in [2.24, 2.45) is 5.92 Å². The van der Waals surface area contributed by atoms with Gasteiger partial charge >= 0.3 is 21.0 Å². The molecule has 5 aromatic carbocycles. The van der Waals surface area contributed by atoms with E-state index in [-0.39, 0.29) is 61.1 Å². The summed E-state index contributed by atoms with van der Waals surface area (Å²) in [6.07, 6.45) is 1.26. The summed E-state index contributed by atoms with van der Waals surface area (Å²) < 4.78 is 22.4. The second kappa shape index (κ2) is 26.4. The summed E-state index contributed by atoms with van der Waals surface area (Å²) in [5.41, 5.74) is -1.77. The van der Waals surface area contributed by atoms with Crippen LogP contribution in [0.1, 0.15) is 119 Å². The van der Waals surface area contributed by atoms with Crippen molar-refractivity contribution in [3.8, 4) is 0 Å². The Morgan fingerprint density at radius 1 is 0.570 bits per heavy atom. The lowest BCUT2D eigenvalue weighted by Crippen LogP contribution is -2.51. The first-order valence-corrected chi connectivity index (χ1v) is 29.5. The molecule has 0 unspecified atom stereocenters. The van der Waals surface area contributed by atoms with E-state index < -0.39 is 68.3 Å². The lowest BCUT2D eigenvalue weighted by molar-refractivity contribution is -0.00153. The Labute approximate surface area is 464 Å². The van der Waals surface area contributed by atoms with Gasteiger partial charge in [-0.05, 0) is 84.9 Å². The fraction of sp³-hybridized carbons (Fsp3) is 0.426. The molecule has 3 saturated heterocycles. The molecule has 5 amide bonds. The summed E-state index contributed by atoms with van der Waals surface area (Å²) >= 11 is 0. The van der Waals surface area contributed by atoms with Gasteiger partial charge in [-0.3, -0.25) is 14.4 Å². The zero-order chi connectivity index (χ0) is 56.2. The van der Waals surface area contributed by atoms with Crippen LogP contribution in [0.2, 0.25) is 6.04 Å². The van der Waals surface area contributed by atoms with E-state index in [0.717, 1.165) is 32.1 Å². The maximum atomic E-state index is 15.8. The molecule has 420 valence electrons. The average molecular weight is 1100 g/mol. The molecular formula is C61H75N5O12Si. The fourth-order valence-corrected chi connectivity index (χ4v) is 12.6. The Balaban J connectivity index is 1.19. The van der Waals surface area contributed by atoms with E-state index in [2.05, 4.69) is 24.5 Å². The zero-order valence-corrected chi connectivity index (χ0v) is 46.6. The molecule has 0 spiro atoms. The molecule has 3 aliphatic heterocycles. The number of hydrogen-bond donors (Lipinski definition) is 5. The first kappa shape index (κ1) is 58.2. The number of benzene rings is 5. The largest absolute Gasteiger partial charge is 0.497 e. The smallest absolute Gasteiger partial charge is 0.444 e. The van der Waals surface area contributed by atoms with Gasteiger partial charge in [0, 0.05) is 76.0 Å². The normalized spacial score (nSPS) is 18.8. The van der Waals surface area contributed by atoms with Crippen molar-refractivity contribution in [2.45, 2.75) is 107 Å². The minimum atomic E-state index is -3.39. The molecular weight excluding hydrogens is 1020 g/mol. The highest BCUT2D eigenvalue weighted by Gasteiger charge is 2.53. The van der Waals surface area contributed by atoms with Gasteiger partial charge in [-0.15, -0.1) is 0 Å². The van der Waals surface area contributed by atoms with E-state index in [1.54, 1.807) is 102 Å². The summed E-state index contributed by atoms with van der Waals surface area (Å²) in [6.45, 7) is 5.38. The van der Waals surface area contributed by atoms with Crippen molar-refractivity contribution < 1.29 is 57.3 Å². The van der Waals surface area contributed by atoms with E-state index in [4.69, 9.17) is 18.3 Å². The van der Waals surface area contributed by atoms with Crippen LogP contribution in [-0.2, 0) is 29.5 Å². The molecule has 3 aliphatic rings. The third-order valence-electron chi connectivity index (χ3n) is 15.5. The quantitative estimate of drug-likeness (QED) is 0.0351. The van der Waals surface area contributed by atoms with Crippen molar-refractivity contribution in [1.82, 2.24) is 25.3 Å². The Kier molecular flexibility index (Phi) is 19.4. The van der Waals surface area contributed by atoms with Gasteiger partial charge in [0.05, 0.1) is 25.2 Å². The average Bonchev–Trinajstić information content (AvgIpc) is 4.37. The van der Waals surface area contributed by atoms with Crippen LogP contribution in [0.15, 0.2) is 140 Å². The predicted molar refractivity (Wildman–Crippen MR) is 299 cm³/mol. The van der Waals surface area contributed by atoms with Crippen LogP contribution in [0.3, 0.4) is 0 Å². The van der Waals surface area contributed by atoms with Crippen molar-refractivity contribution in [3.05, 3.63) is 178 Å². The molecule has 3 heterocycles. The van der Waals surface area contributed by atoms with Crippen LogP contribution in [0.5, 0.6) is 0 Å². The van der Waals surface area contributed by atoms with Gasteiger partial charge < -0.3 is 58.7 Å². The van der Waals surface area contributed by atoms with Gasteiger partial charge in [0.1, 0.15) is 23.4 Å². The molecule has 8 rings (SSSR count). The molecule has 0 aromatic heterocycles. The zero-order valence-electron chi connectivity index (χ0n) is 45.6. The van der Waals surface area contributed by atoms with E-state index >= 15 is 9.59 Å². The molecule has 4 atom stereocenters. The Morgan fingerprint density at radius 3 is 1.30 bits per heavy atom. The lowest BCUT2D eigenvalue weighted by Gasteiger charge is -2.40. The molecule has 5 aromatic rings. The first-order chi connectivity index (χ1) is 38.1. The molecule has 18 heteroatoms. The highest BCUT2D eigenvalue weighted by Crippen LogP contribution is 2.44. The molecule has 5 N–H and O–H groups in total. The second-order valence-electron chi connectivity index (χ2n) is 21.2. The number of aliphatic hydroxyl groups is 2. The number of nitrogens with zero attached hydrogens (tertiary/aromatic N) is 3. The standard InChI is InChI=1S/C61H75N5O12Si/c1-43(2)22-20-31-62-58(70)77-51-39-53(60(72,47-23-10-5-11-24-47)48-25-12-6-13-26-48)65(41-51)56(68)45-36-44(55(67)64-33-18-9-19-34-64)37-46(38-45)57(69)66-42-52(78-59(71)63-32-21-35-79(74,75-3)76-4)40-54(66)61(73,49-27-14-7-15-28-49)50-29-16-8-17-30-50/h5-8,10-17,23-30,36-38,43,51-54,72-74H,9,18-22,31-35,39-42H2,1-4H3,(H,62,70)(H,63,71)/t51-,52-,53+,54+/m1/s1. The van der Waals surface area contributed by atoms with Crippen LogP contribution in [0, 0.1) is 5.92 Å². The number of carbonyl (C=O) groups excluding carboxylic acids is 5. The van der Waals surface area contributed by atoms with Crippen molar-refractivity contribution in [3.63, 3.8) is 0 Å². The molecule has 3 fully saturated rings. The third kappa shape index (κ3) is 13.6. The highest BCUT2D eigenvalue weighted by atomic mass is 28.4. The number of carbonyl (C=O) groups is 5. The topological polar surface area (TPSA) is 217 Å². The number of piperidine rings is 1. The summed E-state index contributed by atoms with van der Waals surface area (Å²) in [5, 5.41) is 32.3. The molecule has 0 aliphatic carbocycles. The number of nitrogens with one attached hydrogen (secondary N) is 2. The minimum absolute atomic E-state index is 0.0165. The Bertz CT molecular complexity index is 2760. The molecule has 0 saturated carbocycles. The number of amides is 5. The van der Waals surface area contributed by atoms with Crippen molar-refractivity contribution >= 4 is 38.7 Å². The molecule has 0 bridgehead atoms. The summed E-state index contributed by atoms with van der Waals surface area (Å²) in [5.74, 6) is -1.20. The first-order valence-electron chi connectivity index (χ1n) is 27.5. The Hall–Kier alpha value is -6.93. The SMILES string of the molecule is CO[Si](O)(CCCNC(=O)O[C@@H]1C[C@@H](C(O)(c2ccccc2)c2ccccc2)N(C(=O)c2cc(C(=O)N3CCCCC3)cc(C(=O)N3C[C@H](OC(=O)NCCCC(C)C)C[C@H]3C(O)(c3ccccc3)c3ccccc3)c2)C1)OC. The lowest BCUT2D eigenvalue weighted by atomic mass is 9.78. The number of ether oxygens (including phenoxy) is 2. The minimum Gasteiger partial charge on any atom is -0.444 e. The summed E-state index contributed by atoms with van der Waals surface area (Å²) in [6, 6.07) is 38.3. The monoisotopic (exact) mass is 1100 g/mol. The van der Waals surface area contributed by atoms with Gasteiger partial charge in [0.25, 0.3) is 17.7 Å². The van der Waals surface area contributed by atoms with Crippen LogP contribution in [-0.4, -0.2) is 146 Å². The predicted octanol–water partition coefficient (Wildman–Crippen LogP) is 7.85. The van der Waals surface area contributed by atoms with E-state index in [1.165, 1.54) is 42.2 Å². The van der Waals surface area contributed by atoms with Gasteiger partial charge in [0.15, 0.2) is 0 Å². The van der Waals surface area contributed by atoms with Gasteiger partial charge in [0.2, 0.25) is 0 Å². The van der Waals surface area contributed by atoms with E-state index in [1.807, 2.05) is 24.3 Å². The summed E-state index contributed by atoms with van der Waals surface area (Å²) in [7, 11) is -0.670. The molecule has 79 heavy (non-hydrogen) atoms. The van der Waals surface area contributed by atoms with Crippen molar-refractivity contribution in [2.75, 3.05) is 53.5 Å². The molecule has 17 nitrogen and oxygen atoms in total. The fourth-order valence-electron chi connectivity index (χ4n) is 11.4. The highest BCUT2D eigenvalue weighted by molar-refractivity contribution is 6.59. The van der Waals surface area contributed by atoms with Crippen molar-refractivity contribution in [1.29, 1.82) is 0 Å².